The highest BCUT2D eigenvalue weighted by Gasteiger charge is 2.08. The van der Waals surface area contributed by atoms with E-state index in [2.05, 4.69) is 31.5 Å². The van der Waals surface area contributed by atoms with Crippen LogP contribution in [-0.4, -0.2) is 18.1 Å². The molecular formula is C15H12BrN3O2S. The first kappa shape index (κ1) is 14.8. The number of carbonyl (C=O) groups is 1. The summed E-state index contributed by atoms with van der Waals surface area (Å²) in [5.41, 5.74) is 1.53. The normalized spacial score (nSPS) is 10.5. The van der Waals surface area contributed by atoms with Crippen LogP contribution in [0.4, 0.5) is 15.6 Å². The Labute approximate surface area is 139 Å². The van der Waals surface area contributed by atoms with Gasteiger partial charge in [-0.05, 0) is 42.5 Å². The molecule has 112 valence electrons. The molecule has 7 heteroatoms. The molecular weight excluding hydrogens is 366 g/mol. The second-order valence-electron chi connectivity index (χ2n) is 4.44. The van der Waals surface area contributed by atoms with Gasteiger partial charge in [0, 0.05) is 10.2 Å². The van der Waals surface area contributed by atoms with E-state index in [1.165, 1.54) is 11.3 Å². The molecule has 2 amide bonds. The number of methoxy groups -OCH3 is 1. The number of carbonyl (C=O) groups excluding carboxylic acids is 1. The van der Waals surface area contributed by atoms with Crippen LogP contribution >= 0.6 is 27.3 Å². The van der Waals surface area contributed by atoms with Crippen LogP contribution < -0.4 is 15.4 Å². The first-order valence-electron chi connectivity index (χ1n) is 6.42. The van der Waals surface area contributed by atoms with Gasteiger partial charge in [0.1, 0.15) is 5.75 Å². The Balaban J connectivity index is 1.69. The fraction of sp³-hybridized carbons (Fsp3) is 0.0667. The Kier molecular flexibility index (Phi) is 4.26. The maximum absolute atomic E-state index is 12.0. The van der Waals surface area contributed by atoms with E-state index in [1.54, 1.807) is 31.4 Å². The molecule has 1 aromatic heterocycles. The van der Waals surface area contributed by atoms with Gasteiger partial charge in [-0.2, -0.15) is 0 Å². The van der Waals surface area contributed by atoms with E-state index in [4.69, 9.17) is 4.74 Å². The molecule has 5 nitrogen and oxygen atoms in total. The van der Waals surface area contributed by atoms with Gasteiger partial charge in [0.15, 0.2) is 5.13 Å². The topological polar surface area (TPSA) is 63.2 Å². The van der Waals surface area contributed by atoms with E-state index in [0.717, 1.165) is 20.4 Å². The van der Waals surface area contributed by atoms with Crippen molar-refractivity contribution in [1.82, 2.24) is 4.98 Å². The van der Waals surface area contributed by atoms with E-state index in [0.29, 0.717) is 10.8 Å². The van der Waals surface area contributed by atoms with Crippen molar-refractivity contribution < 1.29 is 9.53 Å². The van der Waals surface area contributed by atoms with E-state index in [9.17, 15) is 4.79 Å². The fourth-order valence-corrected chi connectivity index (χ4v) is 3.08. The summed E-state index contributed by atoms with van der Waals surface area (Å²) in [7, 11) is 1.60. The lowest BCUT2D eigenvalue weighted by Gasteiger charge is -2.06. The third-order valence-corrected chi connectivity index (χ3v) is 4.36. The Morgan fingerprint density at radius 3 is 2.68 bits per heavy atom. The number of halogens is 1. The Morgan fingerprint density at radius 2 is 1.95 bits per heavy atom. The van der Waals surface area contributed by atoms with Crippen molar-refractivity contribution in [2.24, 2.45) is 0 Å². The minimum atomic E-state index is -0.330. The number of urea groups is 1. The summed E-state index contributed by atoms with van der Waals surface area (Å²) in [4.78, 5) is 16.4. The number of benzene rings is 2. The molecule has 2 aromatic carbocycles. The Morgan fingerprint density at radius 1 is 1.18 bits per heavy atom. The zero-order valence-corrected chi connectivity index (χ0v) is 14.0. The first-order valence-corrected chi connectivity index (χ1v) is 8.03. The van der Waals surface area contributed by atoms with E-state index in [-0.39, 0.29) is 6.03 Å². The molecule has 0 atom stereocenters. The number of ether oxygens (including phenoxy) is 1. The van der Waals surface area contributed by atoms with Gasteiger partial charge >= 0.3 is 6.03 Å². The van der Waals surface area contributed by atoms with Crippen LogP contribution in [0.3, 0.4) is 0 Å². The summed E-state index contributed by atoms with van der Waals surface area (Å²) in [5.74, 6) is 0.739. The molecule has 0 bridgehead atoms. The monoisotopic (exact) mass is 377 g/mol. The molecule has 22 heavy (non-hydrogen) atoms. The maximum atomic E-state index is 12.0. The number of nitrogens with zero attached hydrogens (tertiary/aromatic N) is 1. The molecule has 0 aliphatic carbocycles. The molecule has 0 spiro atoms. The average Bonchev–Trinajstić information content (AvgIpc) is 2.89. The third-order valence-electron chi connectivity index (χ3n) is 2.92. The van der Waals surface area contributed by atoms with Crippen molar-refractivity contribution in [3.63, 3.8) is 0 Å². The maximum Gasteiger partial charge on any atom is 0.325 e. The number of anilines is 2. The van der Waals surface area contributed by atoms with Crippen LogP contribution in [0.15, 0.2) is 46.9 Å². The van der Waals surface area contributed by atoms with Crippen LogP contribution in [0.5, 0.6) is 5.75 Å². The van der Waals surface area contributed by atoms with Gasteiger partial charge in [-0.25, -0.2) is 9.78 Å². The lowest BCUT2D eigenvalue weighted by molar-refractivity contribution is 0.262. The second kappa shape index (κ2) is 6.33. The molecule has 2 N–H and O–H groups in total. The molecule has 0 saturated heterocycles. The lowest BCUT2D eigenvalue weighted by atomic mass is 10.3. The van der Waals surface area contributed by atoms with Gasteiger partial charge in [0.2, 0.25) is 0 Å². The zero-order valence-electron chi connectivity index (χ0n) is 11.6. The van der Waals surface area contributed by atoms with Crippen molar-refractivity contribution in [3.05, 3.63) is 46.9 Å². The highest BCUT2D eigenvalue weighted by Crippen LogP contribution is 2.28. The number of hydrogen-bond donors (Lipinski definition) is 2. The summed E-state index contributed by atoms with van der Waals surface area (Å²) in [6.07, 6.45) is 0. The Hall–Kier alpha value is -2.12. The summed E-state index contributed by atoms with van der Waals surface area (Å²) < 4.78 is 7.05. The van der Waals surface area contributed by atoms with E-state index < -0.39 is 0 Å². The molecule has 0 fully saturated rings. The number of thiazole rings is 1. The molecule has 1 heterocycles. The highest BCUT2D eigenvalue weighted by molar-refractivity contribution is 9.10. The molecule has 0 aliphatic heterocycles. The van der Waals surface area contributed by atoms with Gasteiger partial charge in [-0.15, -0.1) is 0 Å². The van der Waals surface area contributed by atoms with E-state index in [1.807, 2.05) is 18.2 Å². The summed E-state index contributed by atoms with van der Waals surface area (Å²) >= 11 is 4.83. The number of hydrogen-bond acceptors (Lipinski definition) is 4. The summed E-state index contributed by atoms with van der Waals surface area (Å²) in [6, 6.07) is 12.6. The number of rotatable bonds is 3. The molecule has 0 saturated carbocycles. The molecule has 0 aliphatic rings. The second-order valence-corrected chi connectivity index (χ2v) is 6.39. The molecule has 3 rings (SSSR count). The van der Waals surface area contributed by atoms with Crippen molar-refractivity contribution in [1.29, 1.82) is 0 Å². The molecule has 0 unspecified atom stereocenters. The fourth-order valence-electron chi connectivity index (χ4n) is 1.89. The Bertz CT molecular complexity index is 817. The van der Waals surface area contributed by atoms with Crippen LogP contribution in [0.2, 0.25) is 0 Å². The van der Waals surface area contributed by atoms with E-state index >= 15 is 0 Å². The van der Waals surface area contributed by atoms with Crippen molar-refractivity contribution in [2.45, 2.75) is 0 Å². The summed E-state index contributed by atoms with van der Waals surface area (Å²) in [5, 5.41) is 6.04. The summed E-state index contributed by atoms with van der Waals surface area (Å²) in [6.45, 7) is 0. The van der Waals surface area contributed by atoms with Crippen molar-refractivity contribution in [2.75, 3.05) is 17.7 Å². The van der Waals surface area contributed by atoms with Crippen LogP contribution in [-0.2, 0) is 0 Å². The largest absolute Gasteiger partial charge is 0.497 e. The third kappa shape index (κ3) is 3.37. The first-order chi connectivity index (χ1) is 10.6. The highest BCUT2D eigenvalue weighted by atomic mass is 79.9. The quantitative estimate of drug-likeness (QED) is 0.694. The standard InChI is InChI=1S/C15H12BrN3O2S/c1-21-11-5-3-10(4-6-11)17-14(20)19-15-18-12-8-9(16)2-7-13(12)22-15/h2-8H,1H3,(H2,17,18,19,20). The smallest absolute Gasteiger partial charge is 0.325 e. The average molecular weight is 378 g/mol. The molecule has 3 aromatic rings. The number of amides is 2. The zero-order chi connectivity index (χ0) is 15.5. The molecule has 0 radical (unpaired) electrons. The van der Waals surface area contributed by atoms with Crippen LogP contribution in [0.1, 0.15) is 0 Å². The van der Waals surface area contributed by atoms with Gasteiger partial charge in [0.25, 0.3) is 0 Å². The minimum Gasteiger partial charge on any atom is -0.497 e. The van der Waals surface area contributed by atoms with Gasteiger partial charge in [0.05, 0.1) is 17.3 Å². The minimum absolute atomic E-state index is 0.330. The predicted molar refractivity (Wildman–Crippen MR) is 93.0 cm³/mol. The van der Waals surface area contributed by atoms with Crippen LogP contribution in [0.25, 0.3) is 10.2 Å². The van der Waals surface area contributed by atoms with Gasteiger partial charge in [-0.1, -0.05) is 27.3 Å². The van der Waals surface area contributed by atoms with Crippen molar-refractivity contribution >= 4 is 54.3 Å². The van der Waals surface area contributed by atoms with Gasteiger partial charge in [-0.3, -0.25) is 5.32 Å². The SMILES string of the molecule is COc1ccc(NC(=O)Nc2nc3cc(Br)ccc3s2)cc1. The van der Waals surface area contributed by atoms with Gasteiger partial charge < -0.3 is 10.1 Å². The number of fused-ring (bicyclic) bond motifs is 1. The number of nitrogens with one attached hydrogen (secondary N) is 2. The number of aromatic nitrogens is 1. The van der Waals surface area contributed by atoms with Crippen LogP contribution in [0, 0.1) is 0 Å². The van der Waals surface area contributed by atoms with Crippen molar-refractivity contribution in [3.8, 4) is 5.75 Å². The predicted octanol–water partition coefficient (Wildman–Crippen LogP) is 4.71. The lowest BCUT2D eigenvalue weighted by Crippen LogP contribution is -2.19.